The Hall–Kier alpha value is -2.07. The standard InChI is InChI=1S/C19H24N2O2/c22-18(13-20-19(23)21-15-9-2-1-3-10-15)17-12-6-8-14-7-4-5-11-16(14)17/h4-8,11-12,15,18,22H,1-3,9-10,13H2,(H2,20,21,23)/t18-/m1/s1. The molecule has 0 radical (unpaired) electrons. The first-order valence-corrected chi connectivity index (χ1v) is 8.44. The van der Waals surface area contributed by atoms with E-state index in [0.717, 1.165) is 29.2 Å². The van der Waals surface area contributed by atoms with Crippen molar-refractivity contribution in [3.8, 4) is 0 Å². The Balaban J connectivity index is 1.58. The van der Waals surface area contributed by atoms with E-state index in [9.17, 15) is 9.90 Å². The van der Waals surface area contributed by atoms with Gasteiger partial charge in [0.25, 0.3) is 0 Å². The van der Waals surface area contributed by atoms with Crippen LogP contribution in [0, 0.1) is 0 Å². The van der Waals surface area contributed by atoms with Crippen LogP contribution in [0.4, 0.5) is 4.79 Å². The van der Waals surface area contributed by atoms with E-state index in [2.05, 4.69) is 10.6 Å². The highest BCUT2D eigenvalue weighted by atomic mass is 16.3. The van der Waals surface area contributed by atoms with Gasteiger partial charge in [0.05, 0.1) is 6.10 Å². The maximum Gasteiger partial charge on any atom is 0.315 e. The molecule has 0 unspecified atom stereocenters. The maximum atomic E-state index is 12.0. The molecule has 0 bridgehead atoms. The van der Waals surface area contributed by atoms with Gasteiger partial charge in [-0.3, -0.25) is 0 Å². The van der Waals surface area contributed by atoms with Crippen molar-refractivity contribution >= 4 is 16.8 Å². The van der Waals surface area contributed by atoms with Crippen molar-refractivity contribution in [2.45, 2.75) is 44.2 Å². The minimum atomic E-state index is -0.710. The van der Waals surface area contributed by atoms with E-state index in [-0.39, 0.29) is 18.6 Å². The quantitative estimate of drug-likeness (QED) is 0.809. The van der Waals surface area contributed by atoms with Gasteiger partial charge in [-0.05, 0) is 29.2 Å². The molecule has 2 amide bonds. The summed E-state index contributed by atoms with van der Waals surface area (Å²) in [6.07, 6.45) is 5.03. The summed E-state index contributed by atoms with van der Waals surface area (Å²) in [5.74, 6) is 0. The topological polar surface area (TPSA) is 61.4 Å². The molecule has 1 aliphatic carbocycles. The molecule has 2 aromatic carbocycles. The van der Waals surface area contributed by atoms with Gasteiger partial charge in [-0.2, -0.15) is 0 Å². The molecule has 1 atom stereocenters. The van der Waals surface area contributed by atoms with E-state index in [0.29, 0.717) is 0 Å². The predicted octanol–water partition coefficient (Wildman–Crippen LogP) is 3.51. The molecule has 0 aromatic heterocycles. The fourth-order valence-electron chi connectivity index (χ4n) is 3.32. The lowest BCUT2D eigenvalue weighted by Gasteiger charge is -2.23. The zero-order chi connectivity index (χ0) is 16.1. The first-order valence-electron chi connectivity index (χ1n) is 8.44. The summed E-state index contributed by atoms with van der Waals surface area (Å²) >= 11 is 0. The van der Waals surface area contributed by atoms with Gasteiger partial charge in [-0.25, -0.2) is 4.79 Å². The highest BCUT2D eigenvalue weighted by molar-refractivity contribution is 5.86. The Morgan fingerprint density at radius 2 is 1.83 bits per heavy atom. The number of carbonyl (C=O) groups is 1. The first-order chi connectivity index (χ1) is 11.2. The lowest BCUT2D eigenvalue weighted by Crippen LogP contribution is -2.44. The van der Waals surface area contributed by atoms with Crippen molar-refractivity contribution in [1.29, 1.82) is 0 Å². The molecular formula is C19H24N2O2. The number of carbonyl (C=O) groups excluding carboxylic acids is 1. The van der Waals surface area contributed by atoms with Gasteiger partial charge in [-0.15, -0.1) is 0 Å². The molecule has 1 saturated carbocycles. The first kappa shape index (κ1) is 15.8. The number of hydrogen-bond acceptors (Lipinski definition) is 2. The van der Waals surface area contributed by atoms with Gasteiger partial charge in [0.1, 0.15) is 0 Å². The van der Waals surface area contributed by atoms with Crippen LogP contribution in [0.15, 0.2) is 42.5 Å². The van der Waals surface area contributed by atoms with Crippen LogP contribution in [0.25, 0.3) is 10.8 Å². The van der Waals surface area contributed by atoms with E-state index in [1.807, 2.05) is 42.5 Å². The molecule has 2 aromatic rings. The monoisotopic (exact) mass is 312 g/mol. The van der Waals surface area contributed by atoms with Gasteiger partial charge in [0.15, 0.2) is 0 Å². The van der Waals surface area contributed by atoms with Gasteiger partial charge in [0.2, 0.25) is 0 Å². The average Bonchev–Trinajstić information content (AvgIpc) is 2.60. The van der Waals surface area contributed by atoms with E-state index in [1.165, 1.54) is 19.3 Å². The van der Waals surface area contributed by atoms with Crippen molar-refractivity contribution in [1.82, 2.24) is 10.6 Å². The number of aliphatic hydroxyl groups excluding tert-OH is 1. The van der Waals surface area contributed by atoms with Crippen LogP contribution >= 0.6 is 0 Å². The number of rotatable bonds is 4. The number of benzene rings is 2. The van der Waals surface area contributed by atoms with Crippen LogP contribution in [0.2, 0.25) is 0 Å². The minimum Gasteiger partial charge on any atom is -0.387 e. The summed E-state index contributed by atoms with van der Waals surface area (Å²) < 4.78 is 0. The van der Waals surface area contributed by atoms with Gasteiger partial charge >= 0.3 is 6.03 Å². The van der Waals surface area contributed by atoms with Crippen LogP contribution in [0.1, 0.15) is 43.8 Å². The van der Waals surface area contributed by atoms with E-state index in [1.54, 1.807) is 0 Å². The lowest BCUT2D eigenvalue weighted by molar-refractivity contribution is 0.173. The third-order valence-electron chi connectivity index (χ3n) is 4.58. The van der Waals surface area contributed by atoms with Crippen molar-refractivity contribution in [2.75, 3.05) is 6.54 Å². The minimum absolute atomic E-state index is 0.184. The van der Waals surface area contributed by atoms with Gasteiger partial charge in [0, 0.05) is 12.6 Å². The van der Waals surface area contributed by atoms with Crippen molar-refractivity contribution in [2.24, 2.45) is 0 Å². The van der Waals surface area contributed by atoms with Crippen molar-refractivity contribution in [3.05, 3.63) is 48.0 Å². The van der Waals surface area contributed by atoms with Crippen LogP contribution in [0.3, 0.4) is 0 Å². The Morgan fingerprint density at radius 1 is 1.09 bits per heavy atom. The Kier molecular flexibility index (Phi) is 5.13. The summed E-state index contributed by atoms with van der Waals surface area (Å²) in [5.41, 5.74) is 0.848. The zero-order valence-electron chi connectivity index (χ0n) is 13.3. The van der Waals surface area contributed by atoms with Crippen LogP contribution in [-0.4, -0.2) is 23.7 Å². The molecule has 1 fully saturated rings. The van der Waals surface area contributed by atoms with Crippen molar-refractivity contribution in [3.63, 3.8) is 0 Å². The molecule has 3 N–H and O–H groups in total. The third kappa shape index (κ3) is 4.02. The largest absolute Gasteiger partial charge is 0.387 e. The molecular weight excluding hydrogens is 288 g/mol. The Labute approximate surface area is 136 Å². The van der Waals surface area contributed by atoms with E-state index >= 15 is 0 Å². The number of hydrogen-bond donors (Lipinski definition) is 3. The van der Waals surface area contributed by atoms with Crippen LogP contribution in [0.5, 0.6) is 0 Å². The molecule has 122 valence electrons. The fourth-order valence-corrected chi connectivity index (χ4v) is 3.32. The normalized spacial score (nSPS) is 16.9. The molecule has 0 spiro atoms. The second kappa shape index (κ2) is 7.47. The van der Waals surface area contributed by atoms with Crippen molar-refractivity contribution < 1.29 is 9.90 Å². The molecule has 3 rings (SSSR count). The highest BCUT2D eigenvalue weighted by Gasteiger charge is 2.17. The Bertz CT molecular complexity index is 660. The Morgan fingerprint density at radius 3 is 2.65 bits per heavy atom. The maximum absolute atomic E-state index is 12.0. The molecule has 0 heterocycles. The molecule has 4 nitrogen and oxygen atoms in total. The molecule has 0 saturated heterocycles. The summed E-state index contributed by atoms with van der Waals surface area (Å²) in [6, 6.07) is 13.9. The fraction of sp³-hybridized carbons (Fsp3) is 0.421. The lowest BCUT2D eigenvalue weighted by atomic mass is 9.96. The zero-order valence-corrected chi connectivity index (χ0v) is 13.3. The second-order valence-electron chi connectivity index (χ2n) is 6.27. The van der Waals surface area contributed by atoms with E-state index in [4.69, 9.17) is 0 Å². The molecule has 4 heteroatoms. The summed E-state index contributed by atoms with van der Waals surface area (Å²) in [5, 5.41) is 18.3. The number of urea groups is 1. The van der Waals surface area contributed by atoms with Gasteiger partial charge < -0.3 is 15.7 Å². The molecule has 1 aliphatic rings. The second-order valence-corrected chi connectivity index (χ2v) is 6.27. The smallest absolute Gasteiger partial charge is 0.315 e. The van der Waals surface area contributed by atoms with Crippen LogP contribution < -0.4 is 10.6 Å². The summed E-state index contributed by atoms with van der Waals surface area (Å²) in [6.45, 7) is 0.215. The molecule has 23 heavy (non-hydrogen) atoms. The predicted molar refractivity (Wildman–Crippen MR) is 92.3 cm³/mol. The number of nitrogens with one attached hydrogen (secondary N) is 2. The highest BCUT2D eigenvalue weighted by Crippen LogP contribution is 2.23. The average molecular weight is 312 g/mol. The number of aliphatic hydroxyl groups is 1. The van der Waals surface area contributed by atoms with Crippen LogP contribution in [-0.2, 0) is 0 Å². The van der Waals surface area contributed by atoms with E-state index < -0.39 is 6.10 Å². The number of amides is 2. The molecule has 0 aliphatic heterocycles. The summed E-state index contributed by atoms with van der Waals surface area (Å²) in [7, 11) is 0. The number of fused-ring (bicyclic) bond motifs is 1. The summed E-state index contributed by atoms with van der Waals surface area (Å²) in [4.78, 5) is 12.0. The third-order valence-corrected chi connectivity index (χ3v) is 4.58. The van der Waals surface area contributed by atoms with Gasteiger partial charge in [-0.1, -0.05) is 61.7 Å². The SMILES string of the molecule is O=C(NC[C@@H](O)c1cccc2ccccc12)NC1CCCCC1.